The maximum Gasteiger partial charge on any atom is 0.179 e. The zero-order chi connectivity index (χ0) is 21.6. The molecule has 1 aliphatic carbocycles. The van der Waals surface area contributed by atoms with Crippen LogP contribution in [-0.4, -0.2) is 54.1 Å². The number of anilines is 2. The Morgan fingerprint density at radius 2 is 1.97 bits per heavy atom. The van der Waals surface area contributed by atoms with Crippen molar-refractivity contribution in [2.24, 2.45) is 5.41 Å². The number of aliphatic hydroxyl groups excluding tert-OH is 1. The van der Waals surface area contributed by atoms with Crippen LogP contribution < -0.4 is 10.2 Å². The molecule has 4 aromatic heterocycles. The Kier molecular flexibility index (Phi) is 4.70. The highest BCUT2D eigenvalue weighted by molar-refractivity contribution is 5.77. The molecule has 160 valence electrons. The van der Waals surface area contributed by atoms with Crippen molar-refractivity contribution in [2.45, 2.75) is 45.5 Å². The van der Waals surface area contributed by atoms with Crippen LogP contribution in [0.4, 0.5) is 11.5 Å². The van der Waals surface area contributed by atoms with Crippen LogP contribution in [0.25, 0.3) is 22.2 Å². The third-order valence-corrected chi connectivity index (χ3v) is 5.95. The lowest BCUT2D eigenvalue weighted by molar-refractivity contribution is 0.150. The van der Waals surface area contributed by atoms with Crippen LogP contribution in [0, 0.1) is 5.41 Å². The van der Waals surface area contributed by atoms with E-state index in [2.05, 4.69) is 51.2 Å². The molecule has 0 aliphatic heterocycles. The van der Waals surface area contributed by atoms with Gasteiger partial charge in [-0.3, -0.25) is 9.97 Å². The topological polar surface area (TPSA) is 105 Å². The molecule has 4 aromatic rings. The third kappa shape index (κ3) is 3.88. The highest BCUT2D eigenvalue weighted by atomic mass is 16.3. The minimum absolute atomic E-state index is 0.224. The summed E-state index contributed by atoms with van der Waals surface area (Å²) in [6, 6.07) is 6.08. The van der Waals surface area contributed by atoms with Gasteiger partial charge in [-0.15, -0.1) is 0 Å². The van der Waals surface area contributed by atoms with Gasteiger partial charge in [0.2, 0.25) is 0 Å². The first kappa shape index (κ1) is 19.6. The largest absolute Gasteiger partial charge is 0.372 e. The minimum Gasteiger partial charge on any atom is -0.372 e. The molecule has 5 rings (SSSR count). The zero-order valence-corrected chi connectivity index (χ0v) is 17.9. The highest BCUT2D eigenvalue weighted by Gasteiger charge is 2.38. The molecule has 9 nitrogen and oxygen atoms in total. The summed E-state index contributed by atoms with van der Waals surface area (Å²) in [7, 11) is 2.06. The Bertz CT molecular complexity index is 1230. The van der Waals surface area contributed by atoms with Gasteiger partial charge in [0.1, 0.15) is 17.6 Å². The SMILES string of the molecule is CN(c1cnc2cnn(CC(O)Nc3cnc4cccnc4c3)c2n1)C1CC(C)(C)C1. The number of hydrogen-bond acceptors (Lipinski definition) is 8. The van der Waals surface area contributed by atoms with Gasteiger partial charge in [-0.25, -0.2) is 14.6 Å². The average Bonchev–Trinajstić information content (AvgIpc) is 3.13. The second kappa shape index (κ2) is 7.42. The van der Waals surface area contributed by atoms with Gasteiger partial charge in [-0.1, -0.05) is 13.8 Å². The summed E-state index contributed by atoms with van der Waals surface area (Å²) in [4.78, 5) is 20.2. The van der Waals surface area contributed by atoms with Crippen molar-refractivity contribution in [1.29, 1.82) is 0 Å². The molecule has 0 aromatic carbocycles. The number of nitrogens with zero attached hydrogens (tertiary/aromatic N) is 7. The van der Waals surface area contributed by atoms with Crippen LogP contribution in [0.15, 0.2) is 43.0 Å². The van der Waals surface area contributed by atoms with Crippen LogP contribution in [0.2, 0.25) is 0 Å². The van der Waals surface area contributed by atoms with Crippen LogP contribution >= 0.6 is 0 Å². The smallest absolute Gasteiger partial charge is 0.179 e. The van der Waals surface area contributed by atoms with Gasteiger partial charge in [-0.2, -0.15) is 5.10 Å². The van der Waals surface area contributed by atoms with Gasteiger partial charge in [-0.05, 0) is 36.5 Å². The van der Waals surface area contributed by atoms with E-state index in [1.54, 1.807) is 29.5 Å². The summed E-state index contributed by atoms with van der Waals surface area (Å²) in [5.74, 6) is 0.821. The first-order valence-electron chi connectivity index (χ1n) is 10.4. The molecule has 1 unspecified atom stereocenters. The molecule has 0 saturated heterocycles. The highest BCUT2D eigenvalue weighted by Crippen LogP contribution is 2.43. The molecular formula is C22H26N8O. The van der Waals surface area contributed by atoms with Gasteiger partial charge in [0.15, 0.2) is 5.65 Å². The van der Waals surface area contributed by atoms with Crippen molar-refractivity contribution in [3.63, 3.8) is 0 Å². The van der Waals surface area contributed by atoms with Gasteiger partial charge in [0.25, 0.3) is 0 Å². The first-order valence-corrected chi connectivity index (χ1v) is 10.4. The predicted molar refractivity (Wildman–Crippen MR) is 120 cm³/mol. The Morgan fingerprint density at radius 1 is 1.16 bits per heavy atom. The molecule has 0 amide bonds. The number of nitrogens with one attached hydrogen (secondary N) is 1. The summed E-state index contributed by atoms with van der Waals surface area (Å²) in [5, 5.41) is 18.0. The summed E-state index contributed by atoms with van der Waals surface area (Å²) in [6.07, 6.45) is 8.27. The van der Waals surface area contributed by atoms with E-state index in [0.717, 1.165) is 29.7 Å². The molecule has 0 bridgehead atoms. The van der Waals surface area contributed by atoms with E-state index in [4.69, 9.17) is 4.98 Å². The molecule has 1 atom stereocenters. The molecule has 1 aliphatic rings. The fourth-order valence-electron chi connectivity index (χ4n) is 4.25. The fraction of sp³-hybridized carbons (Fsp3) is 0.409. The lowest BCUT2D eigenvalue weighted by Gasteiger charge is -2.47. The Morgan fingerprint density at radius 3 is 2.77 bits per heavy atom. The molecule has 2 N–H and O–H groups in total. The fourth-order valence-corrected chi connectivity index (χ4v) is 4.25. The maximum atomic E-state index is 10.6. The Hall–Kier alpha value is -3.33. The quantitative estimate of drug-likeness (QED) is 0.461. The minimum atomic E-state index is -0.873. The third-order valence-electron chi connectivity index (χ3n) is 5.95. The zero-order valence-electron chi connectivity index (χ0n) is 17.9. The van der Waals surface area contributed by atoms with Crippen molar-refractivity contribution in [3.8, 4) is 0 Å². The normalized spacial score (nSPS) is 16.9. The monoisotopic (exact) mass is 418 g/mol. The van der Waals surface area contributed by atoms with E-state index >= 15 is 0 Å². The molecule has 4 heterocycles. The Labute approximate surface area is 180 Å². The van der Waals surface area contributed by atoms with E-state index in [1.165, 1.54) is 0 Å². The van der Waals surface area contributed by atoms with Gasteiger partial charge < -0.3 is 15.3 Å². The van der Waals surface area contributed by atoms with Gasteiger partial charge >= 0.3 is 0 Å². The van der Waals surface area contributed by atoms with Crippen molar-refractivity contribution in [3.05, 3.63) is 43.0 Å². The summed E-state index contributed by atoms with van der Waals surface area (Å²) in [5.41, 5.74) is 4.01. The Balaban J connectivity index is 1.32. The summed E-state index contributed by atoms with van der Waals surface area (Å²) < 4.78 is 1.68. The second-order valence-corrected chi connectivity index (χ2v) is 9.03. The molecule has 1 fully saturated rings. The number of fused-ring (bicyclic) bond motifs is 2. The van der Waals surface area contributed by atoms with E-state index in [0.29, 0.717) is 28.3 Å². The standard InChI is InChI=1S/C22H26N8O/c1-22(2)8-15(9-22)29(3)19-12-25-18-11-26-30(21(18)28-19)13-20(31)27-14-7-17-16(24-10-14)5-4-6-23-17/h4-7,10-12,15,20,27,31H,8-9,13H2,1-3H3. The lowest BCUT2D eigenvalue weighted by atomic mass is 9.68. The first-order chi connectivity index (χ1) is 14.9. The molecule has 0 spiro atoms. The predicted octanol–water partition coefficient (Wildman–Crippen LogP) is 2.82. The van der Waals surface area contributed by atoms with Crippen LogP contribution in [0.1, 0.15) is 26.7 Å². The molecule has 0 radical (unpaired) electrons. The number of aliphatic hydroxyl groups is 1. The van der Waals surface area contributed by atoms with E-state index in [9.17, 15) is 5.11 Å². The van der Waals surface area contributed by atoms with Crippen LogP contribution in [-0.2, 0) is 6.54 Å². The lowest BCUT2D eigenvalue weighted by Crippen LogP contribution is -2.47. The van der Waals surface area contributed by atoms with Gasteiger partial charge in [0, 0.05) is 19.3 Å². The van der Waals surface area contributed by atoms with Crippen LogP contribution in [0.3, 0.4) is 0 Å². The summed E-state index contributed by atoms with van der Waals surface area (Å²) in [6.45, 7) is 4.80. The second-order valence-electron chi connectivity index (χ2n) is 9.03. The van der Waals surface area contributed by atoms with Gasteiger partial charge in [0.05, 0.1) is 41.9 Å². The van der Waals surface area contributed by atoms with Crippen molar-refractivity contribution in [2.75, 3.05) is 17.3 Å². The molecular weight excluding hydrogens is 392 g/mol. The van der Waals surface area contributed by atoms with E-state index in [1.807, 2.05) is 18.2 Å². The molecule has 9 heteroatoms. The number of rotatable bonds is 6. The number of hydrogen-bond donors (Lipinski definition) is 2. The van der Waals surface area contributed by atoms with E-state index in [-0.39, 0.29) is 6.54 Å². The van der Waals surface area contributed by atoms with E-state index < -0.39 is 6.23 Å². The molecule has 31 heavy (non-hydrogen) atoms. The maximum absolute atomic E-state index is 10.6. The van der Waals surface area contributed by atoms with Crippen molar-refractivity contribution in [1.82, 2.24) is 29.7 Å². The van der Waals surface area contributed by atoms with Crippen LogP contribution in [0.5, 0.6) is 0 Å². The number of pyridine rings is 2. The number of aromatic nitrogens is 6. The van der Waals surface area contributed by atoms with Crippen molar-refractivity contribution < 1.29 is 5.11 Å². The summed E-state index contributed by atoms with van der Waals surface area (Å²) >= 11 is 0. The van der Waals surface area contributed by atoms with Crippen molar-refractivity contribution >= 4 is 33.7 Å². The average molecular weight is 419 g/mol. The molecule has 1 saturated carbocycles.